The number of rotatable bonds is 7. The summed E-state index contributed by atoms with van der Waals surface area (Å²) in [4.78, 5) is 50.0. The Bertz CT molecular complexity index is 1910. The minimum absolute atomic E-state index is 0.0384. The summed E-state index contributed by atoms with van der Waals surface area (Å²) in [7, 11) is 0. The number of carbonyl (C=O) groups excluding carboxylic acids is 3. The van der Waals surface area contributed by atoms with E-state index in [-0.39, 0.29) is 29.7 Å². The Hall–Kier alpha value is -2.81. The number of esters is 2. The average Bonchev–Trinajstić information content (AvgIpc) is 3.64. The van der Waals surface area contributed by atoms with E-state index in [1.54, 1.807) is 0 Å². The molecule has 12 bridgehead atoms. The van der Waals surface area contributed by atoms with Crippen LogP contribution in [0.2, 0.25) is 0 Å². The van der Waals surface area contributed by atoms with E-state index in [1.165, 1.54) is 37.8 Å². The van der Waals surface area contributed by atoms with E-state index in [4.69, 9.17) is 15.2 Å². The van der Waals surface area contributed by atoms with E-state index in [2.05, 4.69) is 50.0 Å². The molecule has 8 heteroatoms. The molecular formula is C47H62N3O5+. The highest BCUT2D eigenvalue weighted by Gasteiger charge is 2.94. The van der Waals surface area contributed by atoms with E-state index in [9.17, 15) is 4.79 Å². The number of allylic oxidation sites excluding steroid dienone is 2. The van der Waals surface area contributed by atoms with Gasteiger partial charge in [-0.25, -0.2) is 4.79 Å². The van der Waals surface area contributed by atoms with Crippen molar-refractivity contribution in [1.82, 2.24) is 4.90 Å². The second-order valence-corrected chi connectivity index (χ2v) is 20.1. The summed E-state index contributed by atoms with van der Waals surface area (Å²) >= 11 is 0. The van der Waals surface area contributed by atoms with Gasteiger partial charge in [0, 0.05) is 67.1 Å². The minimum atomic E-state index is -1.11. The van der Waals surface area contributed by atoms with Crippen LogP contribution in [0.4, 0.5) is 0 Å². The van der Waals surface area contributed by atoms with E-state index in [0.29, 0.717) is 85.4 Å². The number of hydrogen-bond acceptors (Lipinski definition) is 7. The summed E-state index contributed by atoms with van der Waals surface area (Å²) in [5.41, 5.74) is 8.01. The van der Waals surface area contributed by atoms with Gasteiger partial charge in [-0.1, -0.05) is 69.5 Å². The molecule has 4 aliphatic carbocycles. The third kappa shape index (κ3) is 4.18. The molecule has 294 valence electrons. The van der Waals surface area contributed by atoms with Crippen molar-refractivity contribution in [3.8, 4) is 0 Å². The largest absolute Gasteiger partial charge is 0.453 e. The van der Waals surface area contributed by atoms with Crippen LogP contribution in [0.5, 0.6) is 0 Å². The first-order valence-electron chi connectivity index (χ1n) is 22.6. The first kappa shape index (κ1) is 35.4. The molecule has 0 aromatic heterocycles. The second-order valence-electron chi connectivity index (χ2n) is 20.1. The summed E-state index contributed by atoms with van der Waals surface area (Å²) in [6.07, 6.45) is 16.0. The summed E-state index contributed by atoms with van der Waals surface area (Å²) < 4.78 is 13.8. The van der Waals surface area contributed by atoms with Gasteiger partial charge < -0.3 is 20.1 Å². The SMILES string of the molecule is CCC[C@H]1CC(=O)[C@@H]2OC(=O)[C@@]34C5=C(CC[C@@]23[C@@]2(OC(=O)c3c(CCCN)cccc32)[C@H]4CCC)[C@@H]2C3[C@@H](CC[C@@H]4[C@@H]6C[C@H](CN1C6)C[NH+]34)C[C@H](C)[C@@H]2C=C5. The van der Waals surface area contributed by atoms with Gasteiger partial charge in [0.15, 0.2) is 17.5 Å². The highest BCUT2D eigenvalue weighted by Crippen LogP contribution is 2.85. The van der Waals surface area contributed by atoms with Crippen LogP contribution in [0.3, 0.4) is 0 Å². The Kier molecular flexibility index (Phi) is 7.94. The molecular weight excluding hydrogens is 687 g/mol. The van der Waals surface area contributed by atoms with Crippen molar-refractivity contribution in [2.75, 3.05) is 26.2 Å². The van der Waals surface area contributed by atoms with Gasteiger partial charge in [0.1, 0.15) is 5.41 Å². The van der Waals surface area contributed by atoms with Gasteiger partial charge in [-0.05, 0) is 87.3 Å². The van der Waals surface area contributed by atoms with Crippen LogP contribution in [-0.4, -0.2) is 73.0 Å². The van der Waals surface area contributed by atoms with Crippen LogP contribution in [0, 0.1) is 52.3 Å². The lowest BCUT2D eigenvalue weighted by Gasteiger charge is -2.72. The molecule has 3 N–H and O–H groups in total. The number of ketones is 1. The van der Waals surface area contributed by atoms with Crippen molar-refractivity contribution in [1.29, 1.82) is 0 Å². The molecule has 3 unspecified atom stereocenters. The van der Waals surface area contributed by atoms with Crippen molar-refractivity contribution in [3.05, 3.63) is 58.2 Å². The number of hydrogen-bond donors (Lipinski definition) is 2. The van der Waals surface area contributed by atoms with Crippen molar-refractivity contribution in [2.24, 2.45) is 58.0 Å². The van der Waals surface area contributed by atoms with Gasteiger partial charge in [0.05, 0.1) is 29.6 Å². The number of nitrogens with one attached hydrogen (secondary N) is 1. The molecule has 0 radical (unpaired) electrons. The highest BCUT2D eigenvalue weighted by molar-refractivity contribution is 6.02. The number of carbonyl (C=O) groups is 3. The monoisotopic (exact) mass is 748 g/mol. The first-order chi connectivity index (χ1) is 26.7. The topological polar surface area (TPSA) is 103 Å². The third-order valence-corrected chi connectivity index (χ3v) is 18.0. The molecule has 0 amide bonds. The van der Waals surface area contributed by atoms with E-state index in [0.717, 1.165) is 61.9 Å². The van der Waals surface area contributed by atoms with Gasteiger partial charge in [-0.2, -0.15) is 0 Å². The van der Waals surface area contributed by atoms with Crippen LogP contribution < -0.4 is 10.6 Å². The van der Waals surface area contributed by atoms with Crippen LogP contribution in [0.25, 0.3) is 0 Å². The van der Waals surface area contributed by atoms with E-state index in [1.807, 2.05) is 11.0 Å². The molecule has 2 saturated carbocycles. The van der Waals surface area contributed by atoms with Gasteiger partial charge in [0.25, 0.3) is 0 Å². The molecule has 14 rings (SSSR count). The normalized spacial score (nSPS) is 48.1. The molecule has 9 aliphatic heterocycles. The number of Topliss-reactive ketones (excluding diaryl/α,β-unsaturated/α-hetero) is 1. The van der Waals surface area contributed by atoms with Crippen LogP contribution >= 0.6 is 0 Å². The zero-order valence-electron chi connectivity index (χ0n) is 33.3. The molecule has 13 aliphatic rings. The van der Waals surface area contributed by atoms with Gasteiger partial charge in [0.2, 0.25) is 0 Å². The maximum Gasteiger partial charge on any atom is 0.339 e. The molecule has 1 aromatic rings. The standard InChI is InChI=1S/C47H61N3O5/c1-4-8-31-22-37(51)42-45-18-17-33-34(15-14-32-26(3)20-29-13-16-36-30-21-27(23-49(31)25-30)24-50(36)41(29)40(32)33)46(45,44(53)54-42)38(9-5-2)47(45)35-12-6-10-28(11-7-19-48)39(35)43(52)55-47/h6,10,12,14-15,26-27,29-32,36,38,40-42H,4-5,7-9,11,13,16-25,48H2,1-3H3/p+1/t26-,27+,29-,30+,31-,32-,36+,38-,40+,41?,42-,45+,46-,47-/m0/s1. The van der Waals surface area contributed by atoms with E-state index < -0.39 is 22.5 Å². The molecule has 6 saturated heterocycles. The molecule has 8 fully saturated rings. The first-order valence-corrected chi connectivity index (χ1v) is 22.6. The van der Waals surface area contributed by atoms with Crippen molar-refractivity contribution < 1.29 is 28.8 Å². The van der Waals surface area contributed by atoms with Crippen LogP contribution in [0.1, 0.15) is 119 Å². The van der Waals surface area contributed by atoms with Gasteiger partial charge in [-0.3, -0.25) is 14.5 Å². The molecule has 55 heavy (non-hydrogen) atoms. The quantitative estimate of drug-likeness (QED) is 0.364. The van der Waals surface area contributed by atoms with Crippen molar-refractivity contribution >= 4 is 17.7 Å². The highest BCUT2D eigenvalue weighted by atomic mass is 16.6. The maximum atomic E-state index is 15.5. The number of nitrogens with zero attached hydrogens (tertiary/aromatic N) is 1. The Morgan fingerprint density at radius 1 is 1.04 bits per heavy atom. The predicted octanol–water partition coefficient (Wildman–Crippen LogP) is 5.33. The Labute approximate surface area is 327 Å². The summed E-state index contributed by atoms with van der Waals surface area (Å²) in [6.45, 7) is 10.9. The summed E-state index contributed by atoms with van der Waals surface area (Å²) in [5.74, 6) is 2.67. The van der Waals surface area contributed by atoms with Crippen molar-refractivity contribution in [3.63, 3.8) is 0 Å². The molecule has 8 nitrogen and oxygen atoms in total. The molecule has 2 spiro atoms. The van der Waals surface area contributed by atoms with Gasteiger partial charge >= 0.3 is 11.9 Å². The number of quaternary nitrogens is 1. The number of ether oxygens (including phenoxy) is 2. The van der Waals surface area contributed by atoms with E-state index >= 15 is 9.59 Å². The fourth-order valence-electron chi connectivity index (χ4n) is 16.6. The lowest BCUT2D eigenvalue weighted by atomic mass is 9.28. The number of aryl methyl sites for hydroxylation is 1. The van der Waals surface area contributed by atoms with Crippen LogP contribution in [-0.2, 0) is 31.1 Å². The fraction of sp³-hybridized carbons (Fsp3) is 0.723. The number of piperidine rings is 3. The summed E-state index contributed by atoms with van der Waals surface area (Å²) in [5, 5.41) is 0. The van der Waals surface area contributed by atoms with Gasteiger partial charge in [-0.15, -0.1) is 0 Å². The minimum Gasteiger partial charge on any atom is -0.453 e. The number of fused-ring (bicyclic) bond motifs is 2. The fourth-order valence-corrected chi connectivity index (χ4v) is 16.6. The Balaban J connectivity index is 1.17. The second kappa shape index (κ2) is 12.3. The predicted molar refractivity (Wildman–Crippen MR) is 208 cm³/mol. The molecule has 9 heterocycles. The van der Waals surface area contributed by atoms with Crippen molar-refractivity contribution in [2.45, 2.75) is 134 Å². The lowest BCUT2D eigenvalue weighted by molar-refractivity contribution is -0.976. The Morgan fingerprint density at radius 2 is 1.89 bits per heavy atom. The molecule has 16 atom stereocenters. The summed E-state index contributed by atoms with van der Waals surface area (Å²) in [6, 6.07) is 7.56. The number of nitrogens with two attached hydrogens (primary N) is 1. The number of benzene rings is 1. The third-order valence-electron chi connectivity index (χ3n) is 18.0. The maximum absolute atomic E-state index is 15.5. The lowest BCUT2D eigenvalue weighted by Crippen LogP contribution is -3.24. The van der Waals surface area contributed by atoms with Crippen LogP contribution in [0.15, 0.2) is 41.5 Å². The molecule has 1 aromatic carbocycles. The Morgan fingerprint density at radius 3 is 2.71 bits per heavy atom. The zero-order chi connectivity index (χ0) is 37.6. The smallest absolute Gasteiger partial charge is 0.339 e. The zero-order valence-corrected chi connectivity index (χ0v) is 33.3. The average molecular weight is 749 g/mol.